The number of likely N-dealkylation sites (tertiary alicyclic amines) is 1. The fraction of sp³-hybridized carbons (Fsp3) is 0.545. The zero-order valence-corrected chi connectivity index (χ0v) is 17.0. The Bertz CT molecular complexity index is 841. The summed E-state index contributed by atoms with van der Waals surface area (Å²) in [5.74, 6) is 0.895. The van der Waals surface area contributed by atoms with Gasteiger partial charge in [0.25, 0.3) is 0 Å². The summed E-state index contributed by atoms with van der Waals surface area (Å²) in [6.45, 7) is 9.57. The maximum Gasteiger partial charge on any atom is 0.181 e. The van der Waals surface area contributed by atoms with Crippen molar-refractivity contribution in [2.45, 2.75) is 50.2 Å². The van der Waals surface area contributed by atoms with Crippen LogP contribution in [-0.2, 0) is 9.84 Å². The Morgan fingerprint density at radius 2 is 1.85 bits per heavy atom. The molecule has 4 heteroatoms. The normalized spacial score (nSPS) is 21.6. The number of hydrogen-bond acceptors (Lipinski definition) is 3. The molecule has 3 atom stereocenters. The summed E-state index contributed by atoms with van der Waals surface area (Å²) in [6, 6.07) is 13.3. The van der Waals surface area contributed by atoms with Gasteiger partial charge in [-0.2, -0.15) is 0 Å². The zero-order chi connectivity index (χ0) is 18.7. The number of fused-ring (bicyclic) bond motifs is 1. The molecule has 0 aliphatic carbocycles. The predicted octanol–water partition coefficient (Wildman–Crippen LogP) is 4.76. The topological polar surface area (TPSA) is 37.4 Å². The molecule has 0 saturated carbocycles. The van der Waals surface area contributed by atoms with E-state index in [2.05, 4.69) is 18.7 Å². The minimum atomic E-state index is -3.35. The molecule has 1 unspecified atom stereocenters. The van der Waals surface area contributed by atoms with Crippen molar-refractivity contribution in [1.82, 2.24) is 4.90 Å². The van der Waals surface area contributed by atoms with Crippen LogP contribution in [0.4, 0.5) is 0 Å². The molecule has 0 spiro atoms. The SMILES string of the molecule is CC([C@@H](C)CCN1CCC[C@H](C)C1)S(=O)(=O)c1cccc2ccccc12. The molecule has 0 aromatic heterocycles. The van der Waals surface area contributed by atoms with E-state index in [1.165, 1.54) is 12.8 Å². The van der Waals surface area contributed by atoms with Crippen LogP contribution in [-0.4, -0.2) is 38.2 Å². The lowest BCUT2D eigenvalue weighted by molar-refractivity contribution is 0.174. The average Bonchev–Trinajstić information content (AvgIpc) is 2.65. The Hall–Kier alpha value is -1.39. The second-order valence-corrected chi connectivity index (χ2v) is 10.3. The number of piperidine rings is 1. The van der Waals surface area contributed by atoms with E-state index < -0.39 is 9.84 Å². The predicted molar refractivity (Wildman–Crippen MR) is 109 cm³/mol. The van der Waals surface area contributed by atoms with Crippen molar-refractivity contribution in [1.29, 1.82) is 0 Å². The summed E-state index contributed by atoms with van der Waals surface area (Å²) in [5, 5.41) is 1.44. The van der Waals surface area contributed by atoms with Crippen molar-refractivity contribution >= 4 is 20.6 Å². The van der Waals surface area contributed by atoms with Crippen molar-refractivity contribution in [3.8, 4) is 0 Å². The third-order valence-corrected chi connectivity index (χ3v) is 8.40. The van der Waals surface area contributed by atoms with E-state index in [1.54, 1.807) is 6.07 Å². The lowest BCUT2D eigenvalue weighted by Crippen LogP contribution is -2.37. The van der Waals surface area contributed by atoms with Gasteiger partial charge in [-0.1, -0.05) is 50.2 Å². The van der Waals surface area contributed by atoms with Gasteiger partial charge in [0.15, 0.2) is 9.84 Å². The standard InChI is InChI=1S/C22H31NO2S/c1-17-8-7-14-23(16-17)15-13-18(2)19(3)26(24,25)22-12-6-10-20-9-4-5-11-21(20)22/h4-6,9-12,17-19H,7-8,13-16H2,1-3H3/t17-,18-,19?/m0/s1. The van der Waals surface area contributed by atoms with E-state index in [-0.39, 0.29) is 11.2 Å². The molecule has 142 valence electrons. The van der Waals surface area contributed by atoms with Gasteiger partial charge in [-0.05, 0) is 62.6 Å². The van der Waals surface area contributed by atoms with E-state index >= 15 is 0 Å². The van der Waals surface area contributed by atoms with E-state index in [0.717, 1.165) is 42.7 Å². The molecular weight excluding hydrogens is 342 g/mol. The minimum absolute atomic E-state index is 0.135. The molecule has 0 amide bonds. The molecule has 1 aliphatic heterocycles. The minimum Gasteiger partial charge on any atom is -0.303 e. The fourth-order valence-corrected chi connectivity index (χ4v) is 5.97. The van der Waals surface area contributed by atoms with Gasteiger partial charge >= 0.3 is 0 Å². The highest BCUT2D eigenvalue weighted by Crippen LogP contribution is 2.29. The van der Waals surface area contributed by atoms with Crippen LogP contribution in [0.2, 0.25) is 0 Å². The van der Waals surface area contributed by atoms with Gasteiger partial charge in [0, 0.05) is 11.9 Å². The first-order valence-electron chi connectivity index (χ1n) is 9.83. The fourth-order valence-electron chi connectivity index (χ4n) is 4.06. The Balaban J connectivity index is 1.73. The quantitative estimate of drug-likeness (QED) is 0.732. The Kier molecular flexibility index (Phi) is 6.03. The third kappa shape index (κ3) is 4.12. The average molecular weight is 374 g/mol. The molecule has 1 fully saturated rings. The number of sulfone groups is 1. The molecule has 26 heavy (non-hydrogen) atoms. The van der Waals surface area contributed by atoms with Crippen LogP contribution in [0.15, 0.2) is 47.4 Å². The van der Waals surface area contributed by atoms with Gasteiger partial charge in [-0.25, -0.2) is 8.42 Å². The van der Waals surface area contributed by atoms with Crippen molar-refractivity contribution in [3.05, 3.63) is 42.5 Å². The number of hydrogen-bond donors (Lipinski definition) is 0. The first-order chi connectivity index (χ1) is 12.4. The molecule has 1 saturated heterocycles. The van der Waals surface area contributed by atoms with Gasteiger partial charge in [0.2, 0.25) is 0 Å². The molecule has 0 radical (unpaired) electrons. The van der Waals surface area contributed by atoms with Crippen molar-refractivity contribution in [2.75, 3.05) is 19.6 Å². The Morgan fingerprint density at radius 1 is 1.12 bits per heavy atom. The zero-order valence-electron chi connectivity index (χ0n) is 16.2. The van der Waals surface area contributed by atoms with Gasteiger partial charge in [-0.15, -0.1) is 0 Å². The lowest BCUT2D eigenvalue weighted by atomic mass is 9.98. The highest BCUT2D eigenvalue weighted by Gasteiger charge is 2.30. The van der Waals surface area contributed by atoms with Gasteiger partial charge in [0.1, 0.15) is 0 Å². The molecule has 3 nitrogen and oxygen atoms in total. The summed E-state index contributed by atoms with van der Waals surface area (Å²) in [6.07, 6.45) is 3.51. The molecule has 0 bridgehead atoms. The van der Waals surface area contributed by atoms with Crippen LogP contribution < -0.4 is 0 Å². The lowest BCUT2D eigenvalue weighted by Gasteiger charge is -2.32. The van der Waals surface area contributed by atoms with Crippen LogP contribution >= 0.6 is 0 Å². The van der Waals surface area contributed by atoms with Gasteiger partial charge < -0.3 is 4.90 Å². The number of benzene rings is 2. The van der Waals surface area contributed by atoms with Crippen LogP contribution in [0.25, 0.3) is 10.8 Å². The molecule has 1 heterocycles. The summed E-state index contributed by atoms with van der Waals surface area (Å²) in [7, 11) is -3.35. The first kappa shape index (κ1) is 19.4. The van der Waals surface area contributed by atoms with E-state index in [9.17, 15) is 8.42 Å². The molecule has 1 aliphatic rings. The Labute approximate surface area is 158 Å². The van der Waals surface area contributed by atoms with Gasteiger partial charge in [0.05, 0.1) is 10.1 Å². The molecule has 0 N–H and O–H groups in total. The highest BCUT2D eigenvalue weighted by atomic mass is 32.2. The van der Waals surface area contributed by atoms with E-state index in [0.29, 0.717) is 4.90 Å². The summed E-state index contributed by atoms with van der Waals surface area (Å²) in [4.78, 5) is 2.98. The number of rotatable bonds is 6. The van der Waals surface area contributed by atoms with E-state index in [1.807, 2.05) is 43.3 Å². The van der Waals surface area contributed by atoms with Gasteiger partial charge in [-0.3, -0.25) is 0 Å². The van der Waals surface area contributed by atoms with Crippen molar-refractivity contribution in [3.63, 3.8) is 0 Å². The second kappa shape index (κ2) is 8.10. The third-order valence-electron chi connectivity index (χ3n) is 5.99. The van der Waals surface area contributed by atoms with Crippen LogP contribution in [0.5, 0.6) is 0 Å². The Morgan fingerprint density at radius 3 is 2.62 bits per heavy atom. The monoisotopic (exact) mass is 373 g/mol. The summed E-state index contributed by atoms with van der Waals surface area (Å²) < 4.78 is 26.6. The van der Waals surface area contributed by atoms with Crippen LogP contribution in [0, 0.1) is 11.8 Å². The van der Waals surface area contributed by atoms with Crippen molar-refractivity contribution in [2.24, 2.45) is 11.8 Å². The first-order valence-corrected chi connectivity index (χ1v) is 11.4. The maximum atomic E-state index is 13.3. The highest BCUT2D eigenvalue weighted by molar-refractivity contribution is 7.92. The molecule has 3 rings (SSSR count). The van der Waals surface area contributed by atoms with Crippen molar-refractivity contribution < 1.29 is 8.42 Å². The largest absolute Gasteiger partial charge is 0.303 e. The molecular formula is C22H31NO2S. The summed E-state index contributed by atoms with van der Waals surface area (Å²) in [5.41, 5.74) is 0. The molecule has 2 aromatic rings. The van der Waals surface area contributed by atoms with E-state index in [4.69, 9.17) is 0 Å². The smallest absolute Gasteiger partial charge is 0.181 e. The second-order valence-electron chi connectivity index (χ2n) is 8.04. The maximum absolute atomic E-state index is 13.3. The summed E-state index contributed by atoms with van der Waals surface area (Å²) >= 11 is 0. The number of nitrogens with zero attached hydrogens (tertiary/aromatic N) is 1. The molecule has 2 aromatic carbocycles. The van der Waals surface area contributed by atoms with Crippen LogP contribution in [0.3, 0.4) is 0 Å². The van der Waals surface area contributed by atoms with Crippen LogP contribution in [0.1, 0.15) is 40.0 Å².